The van der Waals surface area contributed by atoms with Gasteiger partial charge in [0, 0.05) is 47.3 Å². The fraction of sp³-hybridized carbons (Fsp3) is 0.483. The number of piperidine rings is 1. The minimum Gasteiger partial charge on any atom is -0.373 e. The lowest BCUT2D eigenvalue weighted by atomic mass is 10.0. The number of benzene rings is 1. The van der Waals surface area contributed by atoms with Crippen LogP contribution >= 0.6 is 23.2 Å². The second kappa shape index (κ2) is 10.1. The molecule has 0 amide bonds. The molecule has 3 saturated carbocycles. The zero-order valence-electron chi connectivity index (χ0n) is 21.8. The third-order valence-electron chi connectivity index (χ3n) is 8.61. The molecule has 0 radical (unpaired) electrons. The van der Waals surface area contributed by atoms with Gasteiger partial charge in [0.05, 0.1) is 28.0 Å². The molecule has 1 aliphatic heterocycles. The minimum absolute atomic E-state index is 0.103. The number of carbonyl (C=O) groups is 1. The molecule has 1 saturated heterocycles. The van der Waals surface area contributed by atoms with E-state index in [4.69, 9.17) is 32.5 Å². The van der Waals surface area contributed by atoms with Crippen molar-refractivity contribution in [2.45, 2.75) is 68.4 Å². The van der Waals surface area contributed by atoms with Crippen molar-refractivity contribution in [2.24, 2.45) is 5.92 Å². The molecule has 3 aliphatic carbocycles. The highest BCUT2D eigenvalue weighted by Crippen LogP contribution is 2.47. The maximum Gasteiger partial charge on any atom is 0.179 e. The summed E-state index contributed by atoms with van der Waals surface area (Å²) in [5, 5.41) is 5.09. The molecular weight excluding hydrogens is 573 g/mol. The number of hydrogen-bond donors (Lipinski definition) is 0. The molecule has 0 N–H and O–H groups in total. The van der Waals surface area contributed by atoms with Gasteiger partial charge in [-0.05, 0) is 62.8 Å². The van der Waals surface area contributed by atoms with E-state index in [1.165, 1.54) is 6.20 Å². The van der Waals surface area contributed by atoms with Crippen LogP contribution in [-0.2, 0) is 21.2 Å². The quantitative estimate of drug-likeness (QED) is 0.266. The van der Waals surface area contributed by atoms with E-state index in [0.29, 0.717) is 64.2 Å². The van der Waals surface area contributed by atoms with Gasteiger partial charge in [0.2, 0.25) is 0 Å². The van der Waals surface area contributed by atoms with Crippen molar-refractivity contribution in [3.05, 3.63) is 63.5 Å². The predicted octanol–water partition coefficient (Wildman–Crippen LogP) is 5.86. The lowest BCUT2D eigenvalue weighted by Crippen LogP contribution is -2.39. The van der Waals surface area contributed by atoms with E-state index in [0.717, 1.165) is 49.4 Å². The number of carbonyl (C=O) groups excluding carboxylic acids is 1. The largest absolute Gasteiger partial charge is 0.373 e. The predicted molar refractivity (Wildman–Crippen MR) is 152 cm³/mol. The molecule has 0 unspecified atom stereocenters. The molecule has 4 aliphatic rings. The van der Waals surface area contributed by atoms with E-state index < -0.39 is 15.6 Å². The molecule has 8 nitrogen and oxygen atoms in total. The highest BCUT2D eigenvalue weighted by Gasteiger charge is 2.46. The second-order valence-electron chi connectivity index (χ2n) is 11.5. The topological polar surface area (TPSA) is 103 Å². The van der Waals surface area contributed by atoms with Crippen LogP contribution in [0.5, 0.6) is 0 Å². The smallest absolute Gasteiger partial charge is 0.179 e. The van der Waals surface area contributed by atoms with Gasteiger partial charge in [0.1, 0.15) is 23.0 Å². The molecule has 210 valence electrons. The second-order valence-corrected chi connectivity index (χ2v) is 14.6. The minimum atomic E-state index is -3.35. The first-order valence-corrected chi connectivity index (χ1v) is 16.3. The Morgan fingerprint density at radius 1 is 1.07 bits per heavy atom. The molecular formula is C29H29Cl2N3O5S. The number of sulfone groups is 1. The van der Waals surface area contributed by atoms with E-state index >= 15 is 0 Å². The van der Waals surface area contributed by atoms with Crippen LogP contribution in [0.15, 0.2) is 41.1 Å². The number of hydrogen-bond acceptors (Lipinski definition) is 8. The van der Waals surface area contributed by atoms with Gasteiger partial charge in [0.25, 0.3) is 0 Å². The van der Waals surface area contributed by atoms with E-state index in [9.17, 15) is 13.2 Å². The van der Waals surface area contributed by atoms with Gasteiger partial charge >= 0.3 is 0 Å². The van der Waals surface area contributed by atoms with E-state index in [2.05, 4.69) is 15.0 Å². The fourth-order valence-electron chi connectivity index (χ4n) is 6.16. The van der Waals surface area contributed by atoms with Crippen LogP contribution in [0.4, 0.5) is 5.82 Å². The lowest BCUT2D eigenvalue weighted by Gasteiger charge is -2.32. The molecule has 4 fully saturated rings. The Balaban J connectivity index is 1.01. The summed E-state index contributed by atoms with van der Waals surface area (Å²) in [6.07, 6.45) is 6.97. The van der Waals surface area contributed by atoms with Crippen LogP contribution < -0.4 is 4.90 Å². The van der Waals surface area contributed by atoms with Crippen LogP contribution in [0.2, 0.25) is 10.0 Å². The average molecular weight is 603 g/mol. The molecule has 2 aromatic heterocycles. The van der Waals surface area contributed by atoms with Crippen molar-refractivity contribution < 1.29 is 22.5 Å². The van der Waals surface area contributed by atoms with Gasteiger partial charge in [-0.2, -0.15) is 0 Å². The summed E-state index contributed by atoms with van der Waals surface area (Å²) in [7, 11) is -3.35. The number of Topliss-reactive ketones (excluding diaryl/α,β-unsaturated/α-hetero) is 1. The zero-order chi connectivity index (χ0) is 27.6. The Labute approximate surface area is 242 Å². The standard InChI is InChI=1S/C29H29Cl2N3O5S/c30-22-2-1-3-23(31)27(22)28-21(29(39-33-28)16-4-5-16)14-38-25-11-19-10-18(25)13-34(19)26-9-6-17(12-32-26)24(35)15-40(36,37)20-7-8-20/h1-3,6,9,12,16,18-20,25H,4-5,7-8,10-11,13-15H2/t18-,19-,25+/m0/s1. The van der Waals surface area contributed by atoms with Crippen LogP contribution in [0.3, 0.4) is 0 Å². The maximum absolute atomic E-state index is 12.5. The Kier molecular flexibility index (Phi) is 6.69. The number of rotatable bonds is 10. The number of anilines is 1. The summed E-state index contributed by atoms with van der Waals surface area (Å²) >= 11 is 13.0. The Bertz CT molecular complexity index is 1550. The third-order valence-corrected chi connectivity index (χ3v) is 11.4. The number of halogens is 2. The highest BCUT2D eigenvalue weighted by atomic mass is 35.5. The van der Waals surface area contributed by atoms with Crippen molar-refractivity contribution in [3.63, 3.8) is 0 Å². The Hall–Kier alpha value is -2.46. The SMILES string of the molecule is O=C(CS(=O)(=O)C1CC1)c1ccc(N2C[C@@H]3C[C@H]2C[C@H]3OCc2c(-c3c(Cl)cccc3Cl)noc2C2CC2)nc1. The van der Waals surface area contributed by atoms with E-state index in [1.54, 1.807) is 18.2 Å². The summed E-state index contributed by atoms with van der Waals surface area (Å²) in [6.45, 7) is 1.20. The number of fused-ring (bicyclic) bond motifs is 2. The number of ether oxygens (including phenoxy) is 1. The van der Waals surface area contributed by atoms with Gasteiger partial charge in [-0.1, -0.05) is 34.4 Å². The average Bonchev–Trinajstić information content (AvgIpc) is 3.86. The maximum atomic E-state index is 12.5. The number of ketones is 1. The molecule has 40 heavy (non-hydrogen) atoms. The molecule has 3 atom stereocenters. The van der Waals surface area contributed by atoms with Gasteiger partial charge < -0.3 is 14.2 Å². The van der Waals surface area contributed by atoms with Crippen LogP contribution in [-0.4, -0.2) is 54.0 Å². The molecule has 7 rings (SSSR count). The fourth-order valence-corrected chi connectivity index (χ4v) is 8.36. The zero-order valence-corrected chi connectivity index (χ0v) is 24.1. The molecule has 1 aromatic carbocycles. The lowest BCUT2D eigenvalue weighted by molar-refractivity contribution is 0.0122. The summed E-state index contributed by atoms with van der Waals surface area (Å²) in [5.74, 6) is 1.57. The van der Waals surface area contributed by atoms with Gasteiger partial charge in [-0.15, -0.1) is 0 Å². The van der Waals surface area contributed by atoms with Crippen LogP contribution in [0, 0.1) is 5.92 Å². The highest BCUT2D eigenvalue weighted by molar-refractivity contribution is 7.93. The third kappa shape index (κ3) is 4.95. The van der Waals surface area contributed by atoms with Crippen molar-refractivity contribution >= 4 is 44.6 Å². The van der Waals surface area contributed by atoms with Gasteiger partial charge in [-0.25, -0.2) is 13.4 Å². The summed E-state index contributed by atoms with van der Waals surface area (Å²) < 4.78 is 36.7. The van der Waals surface area contributed by atoms with Crippen molar-refractivity contribution in [1.82, 2.24) is 10.1 Å². The van der Waals surface area contributed by atoms with E-state index in [-0.39, 0.29) is 17.1 Å². The van der Waals surface area contributed by atoms with Crippen molar-refractivity contribution in [1.29, 1.82) is 0 Å². The van der Waals surface area contributed by atoms with Gasteiger partial charge in [-0.3, -0.25) is 4.79 Å². The van der Waals surface area contributed by atoms with Crippen LogP contribution in [0.25, 0.3) is 11.3 Å². The first-order valence-electron chi connectivity index (χ1n) is 13.8. The number of nitrogens with zero attached hydrogens (tertiary/aromatic N) is 3. The van der Waals surface area contributed by atoms with E-state index in [1.807, 2.05) is 12.1 Å². The van der Waals surface area contributed by atoms with Crippen LogP contribution in [0.1, 0.15) is 66.1 Å². The molecule has 3 aromatic rings. The van der Waals surface area contributed by atoms with Crippen molar-refractivity contribution in [3.8, 4) is 11.3 Å². The first kappa shape index (κ1) is 26.4. The Morgan fingerprint density at radius 3 is 2.48 bits per heavy atom. The monoisotopic (exact) mass is 601 g/mol. The number of pyridine rings is 1. The molecule has 0 spiro atoms. The first-order chi connectivity index (χ1) is 19.3. The number of aromatic nitrogens is 2. The Morgan fingerprint density at radius 2 is 1.85 bits per heavy atom. The summed E-state index contributed by atoms with van der Waals surface area (Å²) in [6, 6.07) is 9.23. The molecule has 2 bridgehead atoms. The molecule has 3 heterocycles. The van der Waals surface area contributed by atoms with Crippen molar-refractivity contribution in [2.75, 3.05) is 17.2 Å². The molecule has 11 heteroatoms. The normalized spacial score (nSPS) is 24.1. The van der Waals surface area contributed by atoms with Gasteiger partial charge in [0.15, 0.2) is 15.6 Å². The summed E-state index contributed by atoms with van der Waals surface area (Å²) in [5.41, 5.74) is 2.61. The summed E-state index contributed by atoms with van der Waals surface area (Å²) in [4.78, 5) is 19.3.